The van der Waals surface area contributed by atoms with Gasteiger partial charge in [0.1, 0.15) is 10.8 Å². The Labute approximate surface area is 165 Å². The molecule has 2 aromatic heterocycles. The number of hydrogen-bond acceptors (Lipinski definition) is 3. The Hall–Kier alpha value is -1.65. The first-order valence-electron chi connectivity index (χ1n) is 8.87. The minimum Gasteiger partial charge on any atom is -0.497 e. The Morgan fingerprint density at radius 3 is 2.54 bits per heavy atom. The van der Waals surface area contributed by atoms with Gasteiger partial charge in [-0.1, -0.05) is 23.9 Å². The molecule has 1 fully saturated rings. The molecule has 26 heavy (non-hydrogen) atoms. The topological polar surface area (TPSA) is 27.1 Å². The third-order valence-electron chi connectivity index (χ3n) is 5.18. The van der Waals surface area contributed by atoms with Gasteiger partial charge in [-0.15, -0.1) is 12.4 Å². The highest BCUT2D eigenvalue weighted by Crippen LogP contribution is 2.37. The van der Waals surface area contributed by atoms with Crippen LogP contribution in [0.1, 0.15) is 29.7 Å². The molecule has 0 N–H and O–H groups in total. The minimum atomic E-state index is 0. The number of benzene rings is 1. The lowest BCUT2D eigenvalue weighted by Gasteiger charge is -2.10. The first-order valence-corrected chi connectivity index (χ1v) is 9.86. The van der Waals surface area contributed by atoms with Crippen molar-refractivity contribution in [2.24, 2.45) is 5.92 Å². The molecule has 138 valence electrons. The number of nitrogens with zero attached hydrogens (tertiary/aromatic N) is 2. The third-order valence-corrected chi connectivity index (χ3v) is 6.23. The molecule has 0 saturated heterocycles. The van der Waals surface area contributed by atoms with E-state index in [9.17, 15) is 0 Å². The van der Waals surface area contributed by atoms with Crippen molar-refractivity contribution in [2.75, 3.05) is 7.11 Å². The Kier molecular flexibility index (Phi) is 5.83. The summed E-state index contributed by atoms with van der Waals surface area (Å²) in [7, 11) is 1.70. The molecule has 1 aromatic carbocycles. The smallest absolute Gasteiger partial charge is 0.121 e. The number of fused-ring (bicyclic) bond motifs is 1. The minimum absolute atomic E-state index is 0. The van der Waals surface area contributed by atoms with E-state index in [1.807, 2.05) is 30.1 Å². The van der Waals surface area contributed by atoms with Gasteiger partial charge in [-0.2, -0.15) is 0 Å². The predicted molar refractivity (Wildman–Crippen MR) is 112 cm³/mol. The summed E-state index contributed by atoms with van der Waals surface area (Å²) >= 11 is 1.83. The van der Waals surface area contributed by atoms with Gasteiger partial charge in [0.05, 0.1) is 12.6 Å². The van der Waals surface area contributed by atoms with Gasteiger partial charge in [-0.3, -0.25) is 0 Å². The van der Waals surface area contributed by atoms with Crippen LogP contribution in [0.15, 0.2) is 41.6 Å². The summed E-state index contributed by atoms with van der Waals surface area (Å²) < 4.78 is 7.75. The molecule has 0 unspecified atom stereocenters. The van der Waals surface area contributed by atoms with Crippen molar-refractivity contribution in [1.82, 2.24) is 9.55 Å². The summed E-state index contributed by atoms with van der Waals surface area (Å²) in [6.07, 6.45) is 4.69. The molecule has 0 radical (unpaired) electrons. The molecule has 1 aliphatic rings. The molecule has 5 heteroatoms. The van der Waals surface area contributed by atoms with Gasteiger partial charge in [-0.05, 0) is 61.9 Å². The zero-order chi connectivity index (χ0) is 17.4. The van der Waals surface area contributed by atoms with Crippen molar-refractivity contribution >= 4 is 35.1 Å². The quantitative estimate of drug-likeness (QED) is 0.500. The van der Waals surface area contributed by atoms with Crippen molar-refractivity contribution in [1.29, 1.82) is 0 Å². The maximum absolute atomic E-state index is 5.24. The average molecular weight is 389 g/mol. The molecule has 0 atom stereocenters. The largest absolute Gasteiger partial charge is 0.497 e. The summed E-state index contributed by atoms with van der Waals surface area (Å²) in [5, 5.41) is 2.50. The van der Waals surface area contributed by atoms with Crippen LogP contribution < -0.4 is 4.74 Å². The van der Waals surface area contributed by atoms with E-state index < -0.39 is 0 Å². The van der Waals surface area contributed by atoms with E-state index in [4.69, 9.17) is 9.72 Å². The van der Waals surface area contributed by atoms with E-state index in [2.05, 4.69) is 36.6 Å². The first-order chi connectivity index (χ1) is 12.2. The highest BCUT2D eigenvalue weighted by Gasteiger charge is 2.25. The number of ether oxygens (including phenoxy) is 1. The molecule has 0 bridgehead atoms. The summed E-state index contributed by atoms with van der Waals surface area (Å²) in [5.74, 6) is 2.68. The highest BCUT2D eigenvalue weighted by atomic mass is 35.5. The number of hydrogen-bond donors (Lipinski definition) is 0. The Morgan fingerprint density at radius 1 is 1.15 bits per heavy atom. The van der Waals surface area contributed by atoms with Crippen LogP contribution in [0.2, 0.25) is 0 Å². The van der Waals surface area contributed by atoms with Gasteiger partial charge in [0.15, 0.2) is 0 Å². The number of aryl methyl sites for hydroxylation is 1. The van der Waals surface area contributed by atoms with Crippen LogP contribution in [-0.2, 0) is 12.3 Å². The molecule has 1 saturated carbocycles. The monoisotopic (exact) mass is 388 g/mol. The summed E-state index contributed by atoms with van der Waals surface area (Å²) in [6, 6.07) is 10.5. The number of thioether (sulfide) groups is 1. The third kappa shape index (κ3) is 3.72. The van der Waals surface area contributed by atoms with Crippen molar-refractivity contribution in [3.63, 3.8) is 0 Å². The second-order valence-corrected chi connectivity index (χ2v) is 7.88. The van der Waals surface area contributed by atoms with E-state index in [1.54, 1.807) is 7.11 Å². The Balaban J connectivity index is 0.00000196. The second kappa shape index (κ2) is 7.93. The standard InChI is InChI=1S/C21H24N2OS.ClH/c1-14-15(2)23(12-16-4-5-16)20-19(14)10-11-22-21(20)25-13-17-6-8-18(24-3)9-7-17;/h6-11,16H,4-5,12-13H2,1-3H3;1H. The lowest BCUT2D eigenvalue weighted by atomic mass is 10.2. The van der Waals surface area contributed by atoms with E-state index in [0.29, 0.717) is 0 Å². The number of rotatable bonds is 6. The van der Waals surface area contributed by atoms with Crippen molar-refractivity contribution in [2.45, 2.75) is 44.0 Å². The molecule has 0 spiro atoms. The first kappa shape index (κ1) is 19.1. The van der Waals surface area contributed by atoms with E-state index in [-0.39, 0.29) is 12.4 Å². The molecule has 3 nitrogen and oxygen atoms in total. The molecule has 4 rings (SSSR count). The van der Waals surface area contributed by atoms with Crippen LogP contribution in [0.3, 0.4) is 0 Å². The van der Waals surface area contributed by atoms with Crippen molar-refractivity contribution in [3.8, 4) is 5.75 Å². The van der Waals surface area contributed by atoms with Gasteiger partial charge in [0.2, 0.25) is 0 Å². The van der Waals surface area contributed by atoms with Crippen LogP contribution >= 0.6 is 24.2 Å². The summed E-state index contributed by atoms with van der Waals surface area (Å²) in [5.41, 5.74) is 5.40. The number of aromatic nitrogens is 2. The van der Waals surface area contributed by atoms with Crippen molar-refractivity contribution < 1.29 is 4.74 Å². The van der Waals surface area contributed by atoms with Crippen LogP contribution in [0.5, 0.6) is 5.75 Å². The van der Waals surface area contributed by atoms with E-state index in [0.717, 1.165) is 29.0 Å². The lowest BCUT2D eigenvalue weighted by molar-refractivity contribution is 0.414. The van der Waals surface area contributed by atoms with Crippen LogP contribution in [-0.4, -0.2) is 16.7 Å². The Bertz CT molecular complexity index is 901. The maximum atomic E-state index is 5.24. The zero-order valence-corrected chi connectivity index (χ0v) is 17.1. The van der Waals surface area contributed by atoms with E-state index >= 15 is 0 Å². The second-order valence-electron chi connectivity index (χ2n) is 6.91. The normalized spacial score (nSPS) is 13.7. The molecule has 0 aliphatic heterocycles. The molecule has 3 aromatic rings. The fraction of sp³-hybridized carbons (Fsp3) is 0.381. The number of methoxy groups -OCH3 is 1. The average Bonchev–Trinajstić information content (AvgIpc) is 3.44. The molecular weight excluding hydrogens is 364 g/mol. The van der Waals surface area contributed by atoms with Gasteiger partial charge < -0.3 is 9.30 Å². The molecule has 2 heterocycles. The van der Waals surface area contributed by atoms with Crippen LogP contribution in [0.4, 0.5) is 0 Å². The molecule has 1 aliphatic carbocycles. The summed E-state index contributed by atoms with van der Waals surface area (Å²) in [4.78, 5) is 4.72. The zero-order valence-electron chi connectivity index (χ0n) is 15.5. The number of halogens is 1. The van der Waals surface area contributed by atoms with Gasteiger partial charge in [-0.25, -0.2) is 4.98 Å². The summed E-state index contributed by atoms with van der Waals surface area (Å²) in [6.45, 7) is 5.62. The fourth-order valence-corrected chi connectivity index (χ4v) is 4.32. The Morgan fingerprint density at radius 2 is 1.88 bits per heavy atom. The fourth-order valence-electron chi connectivity index (χ4n) is 3.33. The maximum Gasteiger partial charge on any atom is 0.121 e. The van der Waals surface area contributed by atoms with Gasteiger partial charge in [0.25, 0.3) is 0 Å². The van der Waals surface area contributed by atoms with Gasteiger partial charge in [0, 0.05) is 29.6 Å². The van der Waals surface area contributed by atoms with Crippen LogP contribution in [0.25, 0.3) is 10.9 Å². The lowest BCUT2D eigenvalue weighted by Crippen LogP contribution is -2.03. The number of pyridine rings is 1. The molecular formula is C21H25ClN2OS. The SMILES string of the molecule is COc1ccc(CSc2nccc3c(C)c(C)n(CC4CC4)c23)cc1.Cl. The van der Waals surface area contributed by atoms with Crippen molar-refractivity contribution in [3.05, 3.63) is 53.3 Å². The van der Waals surface area contributed by atoms with Gasteiger partial charge >= 0.3 is 0 Å². The van der Waals surface area contributed by atoms with E-state index in [1.165, 1.54) is 40.6 Å². The predicted octanol–water partition coefficient (Wildman–Crippen LogP) is 5.79. The molecule has 0 amide bonds. The highest BCUT2D eigenvalue weighted by molar-refractivity contribution is 7.98. The van der Waals surface area contributed by atoms with Crippen LogP contribution in [0, 0.1) is 19.8 Å².